The molecule has 1 amide bonds. The Kier molecular flexibility index (Phi) is 5.53. The number of carbonyl (C=O) groups is 1. The molecule has 0 aromatic heterocycles. The number of hydrogen-bond donors (Lipinski definition) is 1. The lowest BCUT2D eigenvalue weighted by Crippen LogP contribution is -2.35. The van der Waals surface area contributed by atoms with Crippen LogP contribution in [0.1, 0.15) is 5.56 Å². The Morgan fingerprint density at radius 1 is 1.38 bits per heavy atom. The van der Waals surface area contributed by atoms with E-state index in [-0.39, 0.29) is 5.91 Å². The van der Waals surface area contributed by atoms with Gasteiger partial charge in [-0.1, -0.05) is 30.3 Å². The number of likely N-dealkylation sites (N-methyl/N-ethyl adjacent to an activating group) is 1. The molecule has 1 aromatic carbocycles. The summed E-state index contributed by atoms with van der Waals surface area (Å²) in [5, 5.41) is 0. The van der Waals surface area contributed by atoms with Crippen LogP contribution in [0.15, 0.2) is 30.3 Å². The van der Waals surface area contributed by atoms with Crippen molar-refractivity contribution in [3.05, 3.63) is 35.9 Å². The van der Waals surface area contributed by atoms with Crippen LogP contribution in [-0.4, -0.2) is 38.1 Å². The van der Waals surface area contributed by atoms with Crippen molar-refractivity contribution in [1.29, 1.82) is 0 Å². The van der Waals surface area contributed by atoms with Crippen molar-refractivity contribution in [2.24, 2.45) is 0 Å². The highest BCUT2D eigenvalue weighted by atomic mass is 16.6. The summed E-state index contributed by atoms with van der Waals surface area (Å²) in [6.07, 6.45) is 0.942. The van der Waals surface area contributed by atoms with Gasteiger partial charge in [0.2, 0.25) is 0 Å². The minimum Gasteiger partial charge on any atom is -0.297 e. The smallest absolute Gasteiger partial charge is 0.257 e. The van der Waals surface area contributed by atoms with Crippen molar-refractivity contribution in [1.82, 2.24) is 10.4 Å². The Hall–Kier alpha value is -1.39. The molecule has 0 saturated carbocycles. The molecule has 0 atom stereocenters. The van der Waals surface area contributed by atoms with E-state index in [1.807, 2.05) is 30.1 Å². The number of amides is 1. The van der Waals surface area contributed by atoms with Crippen molar-refractivity contribution in [3.8, 4) is 0 Å². The van der Waals surface area contributed by atoms with E-state index in [4.69, 9.17) is 0 Å². The van der Waals surface area contributed by atoms with Crippen LogP contribution in [0.2, 0.25) is 0 Å². The average Bonchev–Trinajstić information content (AvgIpc) is 2.28. The lowest BCUT2D eigenvalue weighted by molar-refractivity contribution is -0.132. The van der Waals surface area contributed by atoms with Gasteiger partial charge in [0.05, 0.1) is 13.7 Å². The summed E-state index contributed by atoms with van der Waals surface area (Å²) < 4.78 is 0. The van der Waals surface area contributed by atoms with Gasteiger partial charge in [0.15, 0.2) is 0 Å². The monoisotopic (exact) mass is 222 g/mol. The third-order valence-electron chi connectivity index (χ3n) is 2.25. The molecule has 1 rings (SSSR count). The van der Waals surface area contributed by atoms with Crippen LogP contribution in [0.25, 0.3) is 0 Å². The quantitative estimate of drug-likeness (QED) is 0.725. The van der Waals surface area contributed by atoms with Crippen LogP contribution in [0.5, 0.6) is 0 Å². The van der Waals surface area contributed by atoms with Crippen molar-refractivity contribution in [2.75, 3.05) is 27.2 Å². The highest BCUT2D eigenvalue weighted by molar-refractivity contribution is 5.76. The summed E-state index contributed by atoms with van der Waals surface area (Å²) in [6, 6.07) is 10.2. The van der Waals surface area contributed by atoms with Gasteiger partial charge in [0.25, 0.3) is 5.91 Å². The van der Waals surface area contributed by atoms with Gasteiger partial charge in [-0.3, -0.25) is 14.5 Å². The van der Waals surface area contributed by atoms with Gasteiger partial charge in [-0.15, -0.1) is 0 Å². The molecular weight excluding hydrogens is 204 g/mol. The predicted molar refractivity (Wildman–Crippen MR) is 62.8 cm³/mol. The maximum Gasteiger partial charge on any atom is 0.257 e. The van der Waals surface area contributed by atoms with Crippen LogP contribution >= 0.6 is 0 Å². The molecule has 0 aliphatic carbocycles. The average molecular weight is 222 g/mol. The Bertz CT molecular complexity index is 314. The molecule has 1 N–H and O–H groups in total. The van der Waals surface area contributed by atoms with Crippen LogP contribution in [-0.2, 0) is 16.1 Å². The number of benzene rings is 1. The van der Waals surface area contributed by atoms with Gasteiger partial charge in [-0.05, 0) is 19.0 Å². The van der Waals surface area contributed by atoms with Crippen LogP contribution < -0.4 is 5.48 Å². The summed E-state index contributed by atoms with van der Waals surface area (Å²) >= 11 is 0. The van der Waals surface area contributed by atoms with Crippen LogP contribution in [0, 0.1) is 0 Å². The van der Waals surface area contributed by atoms with Crippen molar-refractivity contribution >= 4 is 5.91 Å². The molecule has 0 radical (unpaired) electrons. The summed E-state index contributed by atoms with van der Waals surface area (Å²) in [5.41, 5.74) is 3.57. The first-order valence-corrected chi connectivity index (χ1v) is 5.26. The molecule has 0 unspecified atom stereocenters. The first kappa shape index (κ1) is 12.7. The minimum atomic E-state index is -0.127. The SMILES string of the molecule is CONC(=O)CN(C)CCc1ccccc1. The van der Waals surface area contributed by atoms with Gasteiger partial charge in [-0.2, -0.15) is 0 Å². The van der Waals surface area contributed by atoms with Crippen LogP contribution in [0.3, 0.4) is 0 Å². The third kappa shape index (κ3) is 4.91. The first-order valence-electron chi connectivity index (χ1n) is 5.26. The second-order valence-corrected chi connectivity index (χ2v) is 3.70. The second kappa shape index (κ2) is 6.98. The molecule has 0 aliphatic rings. The Balaban J connectivity index is 2.25. The first-order chi connectivity index (χ1) is 7.72. The Morgan fingerprint density at radius 2 is 2.06 bits per heavy atom. The van der Waals surface area contributed by atoms with E-state index in [1.54, 1.807) is 0 Å². The Labute approximate surface area is 96.2 Å². The molecule has 0 bridgehead atoms. The summed E-state index contributed by atoms with van der Waals surface area (Å²) in [6.45, 7) is 1.20. The minimum absolute atomic E-state index is 0.127. The molecule has 4 nitrogen and oxygen atoms in total. The molecule has 0 aliphatic heterocycles. The summed E-state index contributed by atoms with van der Waals surface area (Å²) in [7, 11) is 3.35. The lowest BCUT2D eigenvalue weighted by atomic mass is 10.1. The molecule has 1 aromatic rings. The van der Waals surface area contributed by atoms with Gasteiger partial charge in [-0.25, -0.2) is 5.48 Å². The number of hydroxylamine groups is 1. The van der Waals surface area contributed by atoms with Gasteiger partial charge >= 0.3 is 0 Å². The fraction of sp³-hybridized carbons (Fsp3) is 0.417. The molecule has 16 heavy (non-hydrogen) atoms. The van der Waals surface area contributed by atoms with E-state index in [9.17, 15) is 4.79 Å². The molecule has 4 heteroatoms. The van der Waals surface area contributed by atoms with Gasteiger partial charge in [0.1, 0.15) is 0 Å². The van der Waals surface area contributed by atoms with Crippen molar-refractivity contribution in [2.45, 2.75) is 6.42 Å². The predicted octanol–water partition coefficient (Wildman–Crippen LogP) is 0.838. The fourth-order valence-corrected chi connectivity index (χ4v) is 1.43. The van der Waals surface area contributed by atoms with E-state index < -0.39 is 0 Å². The normalized spacial score (nSPS) is 10.4. The van der Waals surface area contributed by atoms with Gasteiger partial charge < -0.3 is 0 Å². The van der Waals surface area contributed by atoms with Crippen LogP contribution in [0.4, 0.5) is 0 Å². The van der Waals surface area contributed by atoms with E-state index in [0.29, 0.717) is 6.54 Å². The van der Waals surface area contributed by atoms with E-state index in [2.05, 4.69) is 22.5 Å². The molecular formula is C12H18N2O2. The Morgan fingerprint density at radius 3 is 2.69 bits per heavy atom. The van der Waals surface area contributed by atoms with Crippen molar-refractivity contribution < 1.29 is 9.63 Å². The molecule has 88 valence electrons. The van der Waals surface area contributed by atoms with E-state index >= 15 is 0 Å². The van der Waals surface area contributed by atoms with Gasteiger partial charge in [0, 0.05) is 6.54 Å². The number of rotatable bonds is 6. The van der Waals surface area contributed by atoms with Crippen molar-refractivity contribution in [3.63, 3.8) is 0 Å². The molecule has 0 fully saturated rings. The molecule has 0 saturated heterocycles. The largest absolute Gasteiger partial charge is 0.297 e. The zero-order valence-corrected chi connectivity index (χ0v) is 9.77. The third-order valence-corrected chi connectivity index (χ3v) is 2.25. The molecule has 0 heterocycles. The topological polar surface area (TPSA) is 41.6 Å². The number of hydrogen-bond acceptors (Lipinski definition) is 3. The number of carbonyl (C=O) groups excluding carboxylic acids is 1. The summed E-state index contributed by atoms with van der Waals surface area (Å²) in [5.74, 6) is -0.127. The summed E-state index contributed by atoms with van der Waals surface area (Å²) in [4.78, 5) is 17.7. The zero-order valence-electron chi connectivity index (χ0n) is 9.77. The zero-order chi connectivity index (χ0) is 11.8. The standard InChI is InChI=1S/C12H18N2O2/c1-14(10-12(15)13-16-2)9-8-11-6-4-3-5-7-11/h3-7H,8-10H2,1-2H3,(H,13,15). The molecule has 0 spiro atoms. The highest BCUT2D eigenvalue weighted by Gasteiger charge is 2.05. The highest BCUT2D eigenvalue weighted by Crippen LogP contribution is 2.00. The van der Waals surface area contributed by atoms with E-state index in [0.717, 1.165) is 13.0 Å². The maximum atomic E-state index is 11.2. The second-order valence-electron chi connectivity index (χ2n) is 3.70. The lowest BCUT2D eigenvalue weighted by Gasteiger charge is -2.15. The maximum absolute atomic E-state index is 11.2. The number of nitrogens with one attached hydrogen (secondary N) is 1. The number of nitrogens with zero attached hydrogens (tertiary/aromatic N) is 1. The van der Waals surface area contributed by atoms with E-state index in [1.165, 1.54) is 12.7 Å². The fourth-order valence-electron chi connectivity index (χ4n) is 1.43.